The first-order chi connectivity index (χ1) is 8.34. The van der Waals surface area contributed by atoms with Crippen LogP contribution >= 0.6 is 27.3 Å². The van der Waals surface area contributed by atoms with Gasteiger partial charge in [-0.25, -0.2) is 8.42 Å². The van der Waals surface area contributed by atoms with Crippen LogP contribution in [0.3, 0.4) is 0 Å². The SMILES string of the molecule is NC(=O)C1CC(O)CN1S(=O)(=O)c1sccc1Br. The molecule has 1 aliphatic rings. The second-order valence-electron chi connectivity index (χ2n) is 3.94. The standard InChI is InChI=1S/C9H11BrN2O4S2/c10-6-1-2-17-9(6)18(15,16)12-4-5(13)3-7(12)8(11)14/h1-2,5,7,13H,3-4H2,(H2,11,14). The van der Waals surface area contributed by atoms with Crippen LogP contribution in [0.2, 0.25) is 0 Å². The number of rotatable bonds is 3. The maximum atomic E-state index is 12.4. The molecule has 2 unspecified atom stereocenters. The van der Waals surface area contributed by atoms with Gasteiger partial charge in [-0.1, -0.05) is 0 Å². The molecule has 1 saturated heterocycles. The summed E-state index contributed by atoms with van der Waals surface area (Å²) in [4.78, 5) is 11.3. The number of aliphatic hydroxyl groups excluding tert-OH is 1. The highest BCUT2D eigenvalue weighted by Gasteiger charge is 2.43. The number of hydrogen-bond donors (Lipinski definition) is 2. The molecule has 0 aliphatic carbocycles. The highest BCUT2D eigenvalue weighted by atomic mass is 79.9. The van der Waals surface area contributed by atoms with E-state index in [1.54, 1.807) is 11.4 Å². The third-order valence-electron chi connectivity index (χ3n) is 2.69. The van der Waals surface area contributed by atoms with Crippen molar-refractivity contribution in [2.24, 2.45) is 5.73 Å². The zero-order valence-corrected chi connectivity index (χ0v) is 12.3. The minimum Gasteiger partial charge on any atom is -0.392 e. The van der Waals surface area contributed by atoms with Crippen molar-refractivity contribution < 1.29 is 18.3 Å². The van der Waals surface area contributed by atoms with E-state index in [0.717, 1.165) is 15.6 Å². The van der Waals surface area contributed by atoms with E-state index in [-0.39, 0.29) is 17.2 Å². The molecule has 0 spiro atoms. The van der Waals surface area contributed by atoms with Crippen molar-refractivity contribution in [3.63, 3.8) is 0 Å². The quantitative estimate of drug-likeness (QED) is 0.804. The molecule has 1 aromatic rings. The number of carbonyl (C=O) groups is 1. The van der Waals surface area contributed by atoms with Gasteiger partial charge in [-0.15, -0.1) is 11.3 Å². The summed E-state index contributed by atoms with van der Waals surface area (Å²) in [5.41, 5.74) is 5.17. The van der Waals surface area contributed by atoms with Gasteiger partial charge < -0.3 is 10.8 Å². The number of thiophene rings is 1. The molecule has 0 bridgehead atoms. The maximum absolute atomic E-state index is 12.4. The van der Waals surface area contributed by atoms with Crippen molar-refractivity contribution in [2.75, 3.05) is 6.54 Å². The Morgan fingerprint density at radius 3 is 2.78 bits per heavy atom. The molecule has 1 aromatic heterocycles. The number of halogens is 1. The van der Waals surface area contributed by atoms with Gasteiger partial charge in [0.1, 0.15) is 10.3 Å². The third kappa shape index (κ3) is 2.32. The molecule has 0 aromatic carbocycles. The number of β-amino-alcohol motifs (C(OH)–C–C–N with tert-alkyl or cyclic N) is 1. The van der Waals surface area contributed by atoms with Gasteiger partial charge in [0.05, 0.1) is 6.10 Å². The molecule has 1 amide bonds. The number of sulfonamides is 1. The summed E-state index contributed by atoms with van der Waals surface area (Å²) in [5.74, 6) is -0.747. The van der Waals surface area contributed by atoms with Gasteiger partial charge in [0.25, 0.3) is 10.0 Å². The summed E-state index contributed by atoms with van der Waals surface area (Å²) in [7, 11) is -3.81. The summed E-state index contributed by atoms with van der Waals surface area (Å²) in [5, 5.41) is 11.2. The van der Waals surface area contributed by atoms with E-state index in [1.807, 2.05) is 0 Å². The molecule has 6 nitrogen and oxygen atoms in total. The Kier molecular flexibility index (Phi) is 3.79. The van der Waals surface area contributed by atoms with Gasteiger partial charge in [-0.3, -0.25) is 4.79 Å². The van der Waals surface area contributed by atoms with Crippen molar-refractivity contribution in [1.29, 1.82) is 0 Å². The lowest BCUT2D eigenvalue weighted by Crippen LogP contribution is -2.43. The van der Waals surface area contributed by atoms with Gasteiger partial charge in [0.2, 0.25) is 5.91 Å². The predicted molar refractivity (Wildman–Crippen MR) is 69.5 cm³/mol. The Morgan fingerprint density at radius 2 is 2.28 bits per heavy atom. The minimum atomic E-state index is -3.81. The number of primary amides is 1. The van der Waals surface area contributed by atoms with Gasteiger partial charge in [0, 0.05) is 17.4 Å². The fourth-order valence-corrected chi connectivity index (χ4v) is 5.95. The van der Waals surface area contributed by atoms with Crippen LogP contribution in [0.25, 0.3) is 0 Å². The number of aliphatic hydroxyl groups is 1. The summed E-state index contributed by atoms with van der Waals surface area (Å²) in [6.07, 6.45) is -0.826. The van der Waals surface area contributed by atoms with Crippen LogP contribution in [0.1, 0.15) is 6.42 Å². The van der Waals surface area contributed by atoms with Crippen molar-refractivity contribution in [3.05, 3.63) is 15.9 Å². The van der Waals surface area contributed by atoms with Crippen molar-refractivity contribution in [2.45, 2.75) is 22.8 Å². The molecule has 9 heteroatoms. The monoisotopic (exact) mass is 354 g/mol. The molecule has 1 aliphatic heterocycles. The molecular weight excluding hydrogens is 344 g/mol. The van der Waals surface area contributed by atoms with E-state index in [2.05, 4.69) is 15.9 Å². The first kappa shape index (κ1) is 13.9. The number of nitrogens with zero attached hydrogens (tertiary/aromatic N) is 1. The van der Waals surface area contributed by atoms with Crippen molar-refractivity contribution >= 4 is 43.2 Å². The smallest absolute Gasteiger partial charge is 0.254 e. The van der Waals surface area contributed by atoms with Crippen LogP contribution in [0, 0.1) is 0 Å². The number of hydrogen-bond acceptors (Lipinski definition) is 5. The van der Waals surface area contributed by atoms with E-state index in [1.165, 1.54) is 0 Å². The van der Waals surface area contributed by atoms with E-state index >= 15 is 0 Å². The summed E-state index contributed by atoms with van der Waals surface area (Å²) in [6.45, 7) is -0.111. The van der Waals surface area contributed by atoms with Crippen LogP contribution in [0.5, 0.6) is 0 Å². The number of nitrogens with two attached hydrogens (primary N) is 1. The van der Waals surface area contributed by atoms with Gasteiger partial charge in [-0.2, -0.15) is 4.31 Å². The molecule has 3 N–H and O–H groups in total. The van der Waals surface area contributed by atoms with E-state index < -0.39 is 28.1 Å². The molecular formula is C9H11BrN2O4S2. The fraction of sp³-hybridized carbons (Fsp3) is 0.444. The van der Waals surface area contributed by atoms with Gasteiger partial charge >= 0.3 is 0 Å². The highest BCUT2D eigenvalue weighted by molar-refractivity contribution is 9.10. The average Bonchev–Trinajstić information content (AvgIpc) is 2.84. The maximum Gasteiger partial charge on any atom is 0.254 e. The Morgan fingerprint density at radius 1 is 1.61 bits per heavy atom. The molecule has 0 saturated carbocycles. The topological polar surface area (TPSA) is 101 Å². The average molecular weight is 355 g/mol. The van der Waals surface area contributed by atoms with Crippen LogP contribution in [0.4, 0.5) is 0 Å². The van der Waals surface area contributed by atoms with Crippen LogP contribution in [-0.4, -0.2) is 42.4 Å². The van der Waals surface area contributed by atoms with E-state index in [4.69, 9.17) is 5.73 Å². The largest absolute Gasteiger partial charge is 0.392 e. The van der Waals surface area contributed by atoms with E-state index in [9.17, 15) is 18.3 Å². The van der Waals surface area contributed by atoms with Crippen LogP contribution in [-0.2, 0) is 14.8 Å². The lowest BCUT2D eigenvalue weighted by atomic mass is 10.2. The second-order valence-corrected chi connectivity index (χ2v) is 7.79. The lowest BCUT2D eigenvalue weighted by molar-refractivity contribution is -0.121. The van der Waals surface area contributed by atoms with E-state index in [0.29, 0.717) is 4.47 Å². The second kappa shape index (κ2) is 4.89. The fourth-order valence-electron chi connectivity index (χ4n) is 1.88. The Hall–Kier alpha value is -0.480. The minimum absolute atomic E-state index is 0.0392. The summed E-state index contributed by atoms with van der Waals surface area (Å²) in [6, 6.07) is 0.627. The molecule has 2 heterocycles. The van der Waals surface area contributed by atoms with Crippen LogP contribution in [0.15, 0.2) is 20.1 Å². The normalized spacial score (nSPS) is 25.4. The third-order valence-corrected chi connectivity index (χ3v) is 7.21. The zero-order valence-electron chi connectivity index (χ0n) is 9.11. The zero-order chi connectivity index (χ0) is 13.5. The van der Waals surface area contributed by atoms with Crippen molar-refractivity contribution in [1.82, 2.24) is 4.31 Å². The Labute approximate surface area is 117 Å². The number of carbonyl (C=O) groups excluding carboxylic acids is 1. The lowest BCUT2D eigenvalue weighted by Gasteiger charge is -2.20. The Bertz CT molecular complexity index is 571. The van der Waals surface area contributed by atoms with Crippen LogP contribution < -0.4 is 5.73 Å². The molecule has 100 valence electrons. The predicted octanol–water partition coefficient (Wildman–Crippen LogP) is 0.120. The van der Waals surface area contributed by atoms with Gasteiger partial charge in [0.15, 0.2) is 0 Å². The molecule has 0 radical (unpaired) electrons. The first-order valence-corrected chi connectivity index (χ1v) is 8.17. The molecule has 1 fully saturated rings. The molecule has 2 atom stereocenters. The summed E-state index contributed by atoms with van der Waals surface area (Å²) < 4.78 is 26.3. The van der Waals surface area contributed by atoms with Gasteiger partial charge in [-0.05, 0) is 27.4 Å². The Balaban J connectivity index is 2.41. The molecule has 2 rings (SSSR count). The number of amides is 1. The first-order valence-electron chi connectivity index (χ1n) is 5.06. The highest BCUT2D eigenvalue weighted by Crippen LogP contribution is 2.33. The van der Waals surface area contributed by atoms with Crippen molar-refractivity contribution in [3.8, 4) is 0 Å². The summed E-state index contributed by atoms with van der Waals surface area (Å²) >= 11 is 4.20. The molecule has 18 heavy (non-hydrogen) atoms.